The monoisotopic (exact) mass is 520 g/mol. The van der Waals surface area contributed by atoms with Crippen molar-refractivity contribution < 1.29 is 23.8 Å². The zero-order chi connectivity index (χ0) is 27.6. The minimum absolute atomic E-state index is 0.0116. The number of rotatable bonds is 8. The predicted molar refractivity (Wildman–Crippen MR) is 149 cm³/mol. The maximum Gasteiger partial charge on any atom is 0.302 e. The standard InChI is InChI=1S/C31H40N2O5/c1-8-37-29-16-24-25-15-23(38-20(6)34)12-13-27(25)32-30(26(24)17-28(29)36-7)21-10-9-11-22(14-21)31(35)33(18(2)3)19(4)5/h9-11,14,16-19,23,25,27H,8,12-13,15H2,1-7H3/t23-,25-,27-/m1/s1. The largest absolute Gasteiger partial charge is 0.493 e. The summed E-state index contributed by atoms with van der Waals surface area (Å²) < 4.78 is 17.2. The van der Waals surface area contributed by atoms with Gasteiger partial charge in [0.1, 0.15) is 6.10 Å². The van der Waals surface area contributed by atoms with Crippen molar-refractivity contribution >= 4 is 17.6 Å². The fraction of sp³-hybridized carbons (Fsp3) is 0.516. The lowest BCUT2D eigenvalue weighted by atomic mass is 9.74. The van der Waals surface area contributed by atoms with Gasteiger partial charge in [-0.3, -0.25) is 14.6 Å². The van der Waals surface area contributed by atoms with Crippen molar-refractivity contribution in [2.75, 3.05) is 13.7 Å². The van der Waals surface area contributed by atoms with Gasteiger partial charge in [0, 0.05) is 41.6 Å². The molecule has 3 atom stereocenters. The number of hydrogen-bond acceptors (Lipinski definition) is 6. The minimum atomic E-state index is -0.253. The van der Waals surface area contributed by atoms with Gasteiger partial charge in [0.25, 0.3) is 5.91 Å². The Morgan fingerprint density at radius 3 is 2.42 bits per heavy atom. The van der Waals surface area contributed by atoms with Crippen LogP contribution in [0.2, 0.25) is 0 Å². The van der Waals surface area contributed by atoms with Crippen LogP contribution in [0.3, 0.4) is 0 Å². The summed E-state index contributed by atoms with van der Waals surface area (Å²) in [6.07, 6.45) is 2.17. The normalized spacial score (nSPS) is 20.3. The number of esters is 1. The molecule has 1 heterocycles. The number of fused-ring (bicyclic) bond motifs is 3. The van der Waals surface area contributed by atoms with E-state index < -0.39 is 0 Å². The third-order valence-electron chi connectivity index (χ3n) is 7.41. The van der Waals surface area contributed by atoms with Crippen LogP contribution < -0.4 is 9.47 Å². The minimum Gasteiger partial charge on any atom is -0.493 e. The average Bonchev–Trinajstić information content (AvgIpc) is 2.87. The average molecular weight is 521 g/mol. The van der Waals surface area contributed by atoms with Crippen LogP contribution >= 0.6 is 0 Å². The summed E-state index contributed by atoms with van der Waals surface area (Å²) in [5, 5.41) is 0. The van der Waals surface area contributed by atoms with Crippen molar-refractivity contribution in [3.05, 3.63) is 58.7 Å². The van der Waals surface area contributed by atoms with E-state index in [2.05, 4.69) is 6.07 Å². The maximum atomic E-state index is 13.5. The summed E-state index contributed by atoms with van der Waals surface area (Å²) in [6.45, 7) is 12.1. The first kappa shape index (κ1) is 27.7. The second-order valence-electron chi connectivity index (χ2n) is 10.7. The number of carbonyl (C=O) groups is 2. The molecule has 204 valence electrons. The molecule has 0 radical (unpaired) electrons. The van der Waals surface area contributed by atoms with E-state index in [0.717, 1.165) is 35.2 Å². The van der Waals surface area contributed by atoms with Gasteiger partial charge in [-0.2, -0.15) is 0 Å². The SMILES string of the molecule is CCOc1cc2c(cc1OC)C(c1cccc(C(=O)N(C(C)C)C(C)C)c1)=N[C@@H]1CC[C@@H](OC(C)=O)C[C@H]21. The highest BCUT2D eigenvalue weighted by Crippen LogP contribution is 2.45. The Labute approximate surface area is 226 Å². The Hall–Kier alpha value is -3.35. The highest BCUT2D eigenvalue weighted by atomic mass is 16.5. The van der Waals surface area contributed by atoms with Crippen LogP contribution in [0.25, 0.3) is 0 Å². The molecular formula is C31H40N2O5. The molecule has 4 rings (SSSR count). The van der Waals surface area contributed by atoms with E-state index in [9.17, 15) is 9.59 Å². The van der Waals surface area contributed by atoms with Crippen LogP contribution in [0.1, 0.15) is 93.8 Å². The van der Waals surface area contributed by atoms with Crippen LogP contribution in [-0.4, -0.2) is 60.4 Å². The number of carbonyl (C=O) groups excluding carboxylic acids is 2. The molecule has 2 aromatic carbocycles. The van der Waals surface area contributed by atoms with Crippen LogP contribution in [0.15, 0.2) is 41.4 Å². The third kappa shape index (κ3) is 5.57. The number of nitrogens with zero attached hydrogens (tertiary/aromatic N) is 2. The van der Waals surface area contributed by atoms with E-state index in [1.165, 1.54) is 6.92 Å². The van der Waals surface area contributed by atoms with E-state index >= 15 is 0 Å². The van der Waals surface area contributed by atoms with Gasteiger partial charge >= 0.3 is 5.97 Å². The van der Waals surface area contributed by atoms with Crippen molar-refractivity contribution in [3.63, 3.8) is 0 Å². The second kappa shape index (κ2) is 11.6. The Balaban J connectivity index is 1.80. The Kier molecular flexibility index (Phi) is 8.44. The summed E-state index contributed by atoms with van der Waals surface area (Å²) >= 11 is 0. The number of aliphatic imine (C=N–C) groups is 1. The summed E-state index contributed by atoms with van der Waals surface area (Å²) in [5.74, 6) is 1.19. The molecule has 0 bridgehead atoms. The van der Waals surface area contributed by atoms with Crippen LogP contribution in [0, 0.1) is 0 Å². The molecule has 1 aliphatic carbocycles. The van der Waals surface area contributed by atoms with Gasteiger partial charge in [0.05, 0.1) is 25.5 Å². The first-order valence-corrected chi connectivity index (χ1v) is 13.7. The number of benzene rings is 2. The number of ether oxygens (including phenoxy) is 3. The van der Waals surface area contributed by atoms with Crippen molar-refractivity contribution in [2.24, 2.45) is 4.99 Å². The van der Waals surface area contributed by atoms with Gasteiger partial charge in [-0.1, -0.05) is 12.1 Å². The molecular weight excluding hydrogens is 480 g/mol. The predicted octanol–water partition coefficient (Wildman–Crippen LogP) is 5.77. The highest BCUT2D eigenvalue weighted by molar-refractivity contribution is 6.15. The molecule has 2 aliphatic rings. The molecule has 1 aliphatic heterocycles. The molecule has 0 saturated heterocycles. The smallest absolute Gasteiger partial charge is 0.302 e. The van der Waals surface area contributed by atoms with Crippen molar-refractivity contribution in [1.29, 1.82) is 0 Å². The van der Waals surface area contributed by atoms with Crippen LogP contribution in [0.4, 0.5) is 0 Å². The molecule has 0 spiro atoms. The Bertz CT molecular complexity index is 1210. The molecule has 1 saturated carbocycles. The first-order valence-electron chi connectivity index (χ1n) is 13.7. The lowest BCUT2D eigenvalue weighted by Crippen LogP contribution is -2.42. The third-order valence-corrected chi connectivity index (χ3v) is 7.41. The molecule has 1 fully saturated rings. The van der Waals surface area contributed by atoms with E-state index in [-0.39, 0.29) is 42.0 Å². The zero-order valence-electron chi connectivity index (χ0n) is 23.6. The van der Waals surface area contributed by atoms with Gasteiger partial charge in [0.15, 0.2) is 11.5 Å². The van der Waals surface area contributed by atoms with Crippen molar-refractivity contribution in [1.82, 2.24) is 4.90 Å². The van der Waals surface area contributed by atoms with Crippen LogP contribution in [0.5, 0.6) is 11.5 Å². The topological polar surface area (TPSA) is 77.4 Å². The summed E-state index contributed by atoms with van der Waals surface area (Å²) in [4.78, 5) is 32.3. The van der Waals surface area contributed by atoms with Gasteiger partial charge in [-0.15, -0.1) is 0 Å². The van der Waals surface area contributed by atoms with E-state index in [0.29, 0.717) is 30.1 Å². The fourth-order valence-electron chi connectivity index (χ4n) is 5.94. The second-order valence-corrected chi connectivity index (χ2v) is 10.7. The lowest BCUT2D eigenvalue weighted by Gasteiger charge is -2.38. The van der Waals surface area contributed by atoms with E-state index in [1.54, 1.807) is 7.11 Å². The highest BCUT2D eigenvalue weighted by Gasteiger charge is 2.39. The Morgan fingerprint density at radius 2 is 1.79 bits per heavy atom. The molecule has 0 N–H and O–H groups in total. The number of amides is 1. The zero-order valence-corrected chi connectivity index (χ0v) is 23.6. The molecule has 1 amide bonds. The first-order chi connectivity index (χ1) is 18.1. The van der Waals surface area contributed by atoms with Crippen LogP contribution in [-0.2, 0) is 9.53 Å². The van der Waals surface area contributed by atoms with Gasteiger partial charge in [0.2, 0.25) is 0 Å². The summed E-state index contributed by atoms with van der Waals surface area (Å²) in [5.41, 5.74) is 4.47. The molecule has 7 heteroatoms. The van der Waals surface area contributed by atoms with E-state index in [1.807, 2.05) is 69.9 Å². The maximum absolute atomic E-state index is 13.5. The molecule has 7 nitrogen and oxygen atoms in total. The molecule has 38 heavy (non-hydrogen) atoms. The van der Waals surface area contributed by atoms with E-state index in [4.69, 9.17) is 19.2 Å². The van der Waals surface area contributed by atoms with Gasteiger partial charge in [-0.25, -0.2) is 0 Å². The summed E-state index contributed by atoms with van der Waals surface area (Å²) in [7, 11) is 1.63. The Morgan fingerprint density at radius 1 is 1.05 bits per heavy atom. The number of methoxy groups -OCH3 is 1. The fourth-order valence-corrected chi connectivity index (χ4v) is 5.94. The quantitative estimate of drug-likeness (QED) is 0.413. The summed E-state index contributed by atoms with van der Waals surface area (Å²) in [6, 6.07) is 12.1. The molecule has 0 unspecified atom stereocenters. The lowest BCUT2D eigenvalue weighted by molar-refractivity contribution is -0.148. The van der Waals surface area contributed by atoms with Gasteiger partial charge in [-0.05, 0) is 83.7 Å². The molecule has 2 aromatic rings. The number of hydrogen-bond donors (Lipinski definition) is 0. The van der Waals surface area contributed by atoms with Crippen molar-refractivity contribution in [3.8, 4) is 11.5 Å². The van der Waals surface area contributed by atoms with Crippen molar-refractivity contribution in [2.45, 2.75) is 91.0 Å². The van der Waals surface area contributed by atoms with Gasteiger partial charge < -0.3 is 19.1 Å². The molecule has 0 aromatic heterocycles.